The SMILES string of the molecule is C[CH-]CCCOCOCCCCCCCC.[Br-].[Mg+2]. The van der Waals surface area contributed by atoms with Gasteiger partial charge < -0.3 is 32.9 Å². The molecule has 2 nitrogen and oxygen atoms in total. The van der Waals surface area contributed by atoms with Gasteiger partial charge in [0.15, 0.2) is 0 Å². The molecular formula is C14H29BrMgO2. The van der Waals surface area contributed by atoms with E-state index < -0.39 is 0 Å². The van der Waals surface area contributed by atoms with Crippen LogP contribution in [0.15, 0.2) is 0 Å². The quantitative estimate of drug-likeness (QED) is 0.216. The van der Waals surface area contributed by atoms with Gasteiger partial charge >= 0.3 is 23.1 Å². The van der Waals surface area contributed by atoms with Crippen molar-refractivity contribution >= 4 is 23.1 Å². The summed E-state index contributed by atoms with van der Waals surface area (Å²) < 4.78 is 10.7. The van der Waals surface area contributed by atoms with Crippen molar-refractivity contribution in [2.24, 2.45) is 0 Å². The van der Waals surface area contributed by atoms with E-state index in [4.69, 9.17) is 9.47 Å². The van der Waals surface area contributed by atoms with Crippen molar-refractivity contribution < 1.29 is 26.5 Å². The molecule has 0 aromatic rings. The first-order chi connectivity index (χ1) is 7.91. The molecule has 0 rings (SSSR count). The molecule has 18 heavy (non-hydrogen) atoms. The minimum atomic E-state index is 0. The summed E-state index contributed by atoms with van der Waals surface area (Å²) in [5, 5.41) is 0. The minimum absolute atomic E-state index is 0. The molecule has 0 aliphatic heterocycles. The maximum atomic E-state index is 5.39. The molecule has 0 aliphatic rings. The fourth-order valence-corrected chi connectivity index (χ4v) is 1.55. The fraction of sp³-hybridized carbons (Fsp3) is 0.929. The molecule has 0 aromatic heterocycles. The van der Waals surface area contributed by atoms with E-state index in [1.165, 1.54) is 38.5 Å². The third-order valence-corrected chi connectivity index (χ3v) is 2.59. The molecule has 106 valence electrons. The maximum Gasteiger partial charge on any atom is 2.00 e. The van der Waals surface area contributed by atoms with E-state index in [-0.39, 0.29) is 40.0 Å². The third kappa shape index (κ3) is 22.4. The first-order valence-corrected chi connectivity index (χ1v) is 6.85. The van der Waals surface area contributed by atoms with E-state index in [0.717, 1.165) is 26.1 Å². The molecule has 0 saturated heterocycles. The van der Waals surface area contributed by atoms with E-state index in [9.17, 15) is 0 Å². The summed E-state index contributed by atoms with van der Waals surface area (Å²) in [5.74, 6) is 0. The largest absolute Gasteiger partial charge is 2.00 e. The number of ether oxygens (including phenoxy) is 2. The van der Waals surface area contributed by atoms with Crippen LogP contribution in [0.1, 0.15) is 65.2 Å². The van der Waals surface area contributed by atoms with Gasteiger partial charge in [-0.05, 0) is 6.42 Å². The van der Waals surface area contributed by atoms with Gasteiger partial charge in [-0.15, -0.1) is 0 Å². The summed E-state index contributed by atoms with van der Waals surface area (Å²) in [6.07, 6.45) is 12.3. The molecule has 0 N–H and O–H groups in total. The average Bonchev–Trinajstić information content (AvgIpc) is 2.31. The number of rotatable bonds is 13. The van der Waals surface area contributed by atoms with Gasteiger partial charge in [0.1, 0.15) is 6.79 Å². The molecule has 4 heteroatoms. The molecule has 0 heterocycles. The Morgan fingerprint density at radius 3 is 2.00 bits per heavy atom. The molecule has 0 bridgehead atoms. The van der Waals surface area contributed by atoms with Gasteiger partial charge in [-0.25, -0.2) is 0 Å². The second kappa shape index (κ2) is 23.3. The molecule has 0 fully saturated rings. The van der Waals surface area contributed by atoms with Crippen LogP contribution < -0.4 is 17.0 Å². The molecule has 0 aliphatic carbocycles. The second-order valence-corrected chi connectivity index (χ2v) is 4.25. The normalized spacial score (nSPS) is 9.67. The average molecular weight is 334 g/mol. The summed E-state index contributed by atoms with van der Waals surface area (Å²) in [5.41, 5.74) is 0. The Bertz CT molecular complexity index is 112. The van der Waals surface area contributed by atoms with Crippen molar-refractivity contribution in [1.82, 2.24) is 0 Å². The first-order valence-electron chi connectivity index (χ1n) is 6.85. The van der Waals surface area contributed by atoms with Gasteiger partial charge in [0.25, 0.3) is 0 Å². The Kier molecular flexibility index (Phi) is 31.3. The van der Waals surface area contributed by atoms with Gasteiger partial charge in [-0.3, -0.25) is 0 Å². The molecular weight excluding hydrogens is 304 g/mol. The van der Waals surface area contributed by atoms with Crippen LogP contribution >= 0.6 is 0 Å². The zero-order chi connectivity index (χ0) is 11.9. The second-order valence-electron chi connectivity index (χ2n) is 4.25. The molecule has 0 radical (unpaired) electrons. The molecule has 0 atom stereocenters. The van der Waals surface area contributed by atoms with Crippen LogP contribution in [0.5, 0.6) is 0 Å². The smallest absolute Gasteiger partial charge is 1.00 e. The molecule has 0 amide bonds. The van der Waals surface area contributed by atoms with Crippen LogP contribution in [0.4, 0.5) is 0 Å². The standard InChI is InChI=1S/C14H29O2.BrH.Mg/c1-3-5-7-8-9-11-13-16-14-15-12-10-6-4-2;;/h4H,3,5-14H2,1-2H3;1H;/q-1;;+2/p-1. The molecule has 0 unspecified atom stereocenters. The number of halogens is 1. The number of hydrogen-bond donors (Lipinski definition) is 0. The Hall–Kier alpha value is 1.17. The van der Waals surface area contributed by atoms with Crippen LogP contribution in [-0.2, 0) is 9.47 Å². The van der Waals surface area contributed by atoms with Gasteiger partial charge in [0, 0.05) is 13.2 Å². The van der Waals surface area contributed by atoms with E-state index in [0.29, 0.717) is 6.79 Å². The van der Waals surface area contributed by atoms with Crippen molar-refractivity contribution in [2.45, 2.75) is 65.2 Å². The van der Waals surface area contributed by atoms with Crippen LogP contribution in [0, 0.1) is 6.42 Å². The van der Waals surface area contributed by atoms with E-state index in [1.54, 1.807) is 0 Å². The van der Waals surface area contributed by atoms with Crippen LogP contribution in [-0.4, -0.2) is 43.1 Å². The number of unbranched alkanes of at least 4 members (excludes halogenated alkanes) is 7. The summed E-state index contributed by atoms with van der Waals surface area (Å²) in [7, 11) is 0. The molecule has 0 spiro atoms. The van der Waals surface area contributed by atoms with Crippen LogP contribution in [0.2, 0.25) is 0 Å². The molecule has 0 aromatic carbocycles. The fourth-order valence-electron chi connectivity index (χ4n) is 1.55. The topological polar surface area (TPSA) is 18.5 Å². The van der Waals surface area contributed by atoms with Crippen molar-refractivity contribution in [2.75, 3.05) is 20.0 Å². The summed E-state index contributed by atoms with van der Waals surface area (Å²) in [6, 6.07) is 0. The predicted molar refractivity (Wildman–Crippen MR) is 75.1 cm³/mol. The van der Waals surface area contributed by atoms with Crippen LogP contribution in [0.25, 0.3) is 0 Å². The molecule has 0 saturated carbocycles. The Morgan fingerprint density at radius 1 is 0.833 bits per heavy atom. The van der Waals surface area contributed by atoms with Crippen molar-refractivity contribution in [3.8, 4) is 0 Å². The maximum absolute atomic E-state index is 5.39. The predicted octanol–water partition coefficient (Wildman–Crippen LogP) is 0.965. The van der Waals surface area contributed by atoms with Gasteiger partial charge in [0.05, 0.1) is 0 Å². The Labute approximate surface area is 140 Å². The summed E-state index contributed by atoms with van der Waals surface area (Å²) in [4.78, 5) is 0. The Morgan fingerprint density at radius 2 is 1.39 bits per heavy atom. The van der Waals surface area contributed by atoms with E-state index in [2.05, 4.69) is 20.3 Å². The zero-order valence-corrected chi connectivity index (χ0v) is 15.3. The number of hydrogen-bond acceptors (Lipinski definition) is 2. The van der Waals surface area contributed by atoms with Gasteiger partial charge in [-0.1, -0.05) is 45.4 Å². The monoisotopic (exact) mass is 332 g/mol. The summed E-state index contributed by atoms with van der Waals surface area (Å²) in [6.45, 7) is 6.47. The van der Waals surface area contributed by atoms with Crippen molar-refractivity contribution in [3.05, 3.63) is 6.42 Å². The van der Waals surface area contributed by atoms with E-state index in [1.807, 2.05) is 0 Å². The van der Waals surface area contributed by atoms with Gasteiger partial charge in [-0.2, -0.15) is 13.3 Å². The Balaban J connectivity index is -0.00000112. The van der Waals surface area contributed by atoms with E-state index >= 15 is 0 Å². The zero-order valence-electron chi connectivity index (χ0n) is 12.3. The summed E-state index contributed by atoms with van der Waals surface area (Å²) >= 11 is 0. The van der Waals surface area contributed by atoms with Crippen molar-refractivity contribution in [1.29, 1.82) is 0 Å². The van der Waals surface area contributed by atoms with Crippen LogP contribution in [0.3, 0.4) is 0 Å². The minimum Gasteiger partial charge on any atom is -1.00 e. The first kappa shape index (κ1) is 24.2. The van der Waals surface area contributed by atoms with Crippen molar-refractivity contribution in [3.63, 3.8) is 0 Å². The third-order valence-electron chi connectivity index (χ3n) is 2.59. The van der Waals surface area contributed by atoms with Gasteiger partial charge in [0.2, 0.25) is 0 Å².